The zero-order valence-electron chi connectivity index (χ0n) is 21.6. The standard InChI is InChI=1S/C29H37N3O2/c1-28(2,3)21-16-18(17-22(26(21)34)29(4,5)6)12-13-24(33)31-25-19-10-8-9-11-23(19)30-27-20(25)14-15-32(27)7/h8-11,16-17,34H,12-15H2,1-7H3,(H,30,31,33)/p+1. The van der Waals surface area contributed by atoms with Gasteiger partial charge in [0.1, 0.15) is 11.3 Å². The number of phenolic OH excluding ortho intramolecular Hbond substituents is 1. The van der Waals surface area contributed by atoms with Gasteiger partial charge in [0.15, 0.2) is 0 Å². The number of aromatic nitrogens is 1. The van der Waals surface area contributed by atoms with E-state index in [1.807, 2.05) is 12.1 Å². The number of H-pyrrole nitrogens is 1. The number of nitrogens with one attached hydrogen (secondary N) is 2. The van der Waals surface area contributed by atoms with Gasteiger partial charge in [-0.1, -0.05) is 65.8 Å². The molecule has 180 valence electrons. The number of hydrogen-bond donors (Lipinski definition) is 2. The van der Waals surface area contributed by atoms with Crippen molar-refractivity contribution in [2.24, 2.45) is 0 Å². The number of pyridine rings is 1. The van der Waals surface area contributed by atoms with Gasteiger partial charge in [0.25, 0.3) is 5.82 Å². The lowest BCUT2D eigenvalue weighted by atomic mass is 9.78. The lowest BCUT2D eigenvalue weighted by molar-refractivity contribution is -0.329. The minimum atomic E-state index is -0.186. The highest BCUT2D eigenvalue weighted by molar-refractivity contribution is 6.02. The number of amides is 1. The van der Waals surface area contributed by atoms with E-state index in [9.17, 15) is 9.90 Å². The monoisotopic (exact) mass is 460 g/mol. The number of likely N-dealkylation sites (N-methyl/N-ethyl adjacent to an activating group) is 1. The number of carbonyl (C=O) groups excluding carboxylic acids is 1. The first-order chi connectivity index (χ1) is 15.9. The fourth-order valence-corrected chi connectivity index (χ4v) is 4.84. The molecule has 0 atom stereocenters. The van der Waals surface area contributed by atoms with Gasteiger partial charge in [0.2, 0.25) is 5.91 Å². The van der Waals surface area contributed by atoms with Crippen LogP contribution in [-0.2, 0) is 28.5 Å². The van der Waals surface area contributed by atoms with Crippen LogP contribution < -0.4 is 15.2 Å². The molecule has 4 rings (SSSR count). The van der Waals surface area contributed by atoms with Crippen molar-refractivity contribution in [1.29, 1.82) is 0 Å². The maximum atomic E-state index is 13.2. The Bertz CT molecular complexity index is 1210. The normalized spacial score (nSPS) is 13.9. The van der Waals surface area contributed by atoms with Crippen LogP contribution in [0.2, 0.25) is 0 Å². The molecule has 0 radical (unpaired) electrons. The number of benzene rings is 2. The number of phenols is 1. The highest BCUT2D eigenvalue weighted by Crippen LogP contribution is 2.40. The minimum absolute atomic E-state index is 0.01000. The molecular formula is C29H38N3O2+. The smallest absolute Gasteiger partial charge is 0.280 e. The van der Waals surface area contributed by atoms with Crippen molar-refractivity contribution in [3.05, 3.63) is 58.7 Å². The summed E-state index contributed by atoms with van der Waals surface area (Å²) < 4.78 is 0. The minimum Gasteiger partial charge on any atom is -0.507 e. The van der Waals surface area contributed by atoms with Crippen LogP contribution >= 0.6 is 0 Å². The van der Waals surface area contributed by atoms with Crippen molar-refractivity contribution < 1.29 is 14.9 Å². The number of aromatic hydroxyl groups is 1. The third-order valence-corrected chi connectivity index (χ3v) is 6.81. The number of carbonyl (C=O) groups is 1. The first-order valence-electron chi connectivity index (χ1n) is 12.2. The van der Waals surface area contributed by atoms with E-state index < -0.39 is 0 Å². The number of aromatic amines is 1. The van der Waals surface area contributed by atoms with Crippen LogP contribution in [0.3, 0.4) is 0 Å². The molecule has 1 aliphatic heterocycles. The van der Waals surface area contributed by atoms with Gasteiger partial charge in [-0.25, -0.2) is 4.98 Å². The number of fused-ring (bicyclic) bond motifs is 2. The molecule has 0 aliphatic carbocycles. The average molecular weight is 461 g/mol. The van der Waals surface area contributed by atoms with E-state index in [1.54, 1.807) is 0 Å². The third kappa shape index (κ3) is 4.61. The predicted octanol–water partition coefficient (Wildman–Crippen LogP) is 5.52. The Hall–Kier alpha value is -3.08. The van der Waals surface area contributed by atoms with Crippen molar-refractivity contribution >= 4 is 28.3 Å². The first-order valence-corrected chi connectivity index (χ1v) is 12.2. The summed E-state index contributed by atoms with van der Waals surface area (Å²) in [5.41, 5.74) is 5.69. The summed E-state index contributed by atoms with van der Waals surface area (Å²) in [6.45, 7) is 13.6. The molecule has 0 bridgehead atoms. The Morgan fingerprint density at radius 1 is 1.06 bits per heavy atom. The van der Waals surface area contributed by atoms with E-state index >= 15 is 0 Å². The number of para-hydroxylation sites is 1. The van der Waals surface area contributed by atoms with E-state index in [1.165, 1.54) is 5.56 Å². The maximum Gasteiger partial charge on any atom is 0.280 e. The average Bonchev–Trinajstić information content (AvgIpc) is 3.11. The largest absolute Gasteiger partial charge is 0.507 e. The highest BCUT2D eigenvalue weighted by atomic mass is 16.3. The van der Waals surface area contributed by atoms with Gasteiger partial charge in [-0.2, -0.15) is 0 Å². The summed E-state index contributed by atoms with van der Waals surface area (Å²) >= 11 is 0. The molecule has 34 heavy (non-hydrogen) atoms. The third-order valence-electron chi connectivity index (χ3n) is 6.81. The molecule has 0 unspecified atom stereocenters. The molecule has 0 fully saturated rings. The zero-order chi connectivity index (χ0) is 24.8. The SMILES string of the molecule is CN1CCc2c1[nH+]c1ccccc1c2NC(=O)CCc1cc(C(C)(C)C)c(O)c(C(C)(C)C)c1. The molecule has 0 saturated carbocycles. The molecule has 2 aromatic carbocycles. The number of hydrogen-bond acceptors (Lipinski definition) is 3. The summed E-state index contributed by atoms with van der Waals surface area (Å²) in [5, 5.41) is 15.3. The van der Waals surface area contributed by atoms with Crippen LogP contribution in [0.1, 0.15) is 70.2 Å². The fourth-order valence-electron chi connectivity index (χ4n) is 4.84. The number of aryl methyl sites for hydroxylation is 1. The molecule has 3 aromatic rings. The first kappa shape index (κ1) is 24.1. The number of anilines is 2. The van der Waals surface area contributed by atoms with Gasteiger partial charge in [-0.15, -0.1) is 0 Å². The summed E-state index contributed by atoms with van der Waals surface area (Å²) in [4.78, 5) is 18.9. The maximum absolute atomic E-state index is 13.2. The Morgan fingerprint density at radius 3 is 2.29 bits per heavy atom. The van der Waals surface area contributed by atoms with Crippen molar-refractivity contribution in [2.45, 2.75) is 71.6 Å². The number of nitrogens with zero attached hydrogens (tertiary/aromatic N) is 1. The summed E-state index contributed by atoms with van der Waals surface area (Å²) in [6.07, 6.45) is 1.91. The second kappa shape index (κ2) is 8.61. The van der Waals surface area contributed by atoms with E-state index in [2.05, 4.69) is 88.1 Å². The van der Waals surface area contributed by atoms with E-state index in [0.717, 1.165) is 52.1 Å². The van der Waals surface area contributed by atoms with Crippen molar-refractivity contribution in [1.82, 2.24) is 0 Å². The Balaban J connectivity index is 1.61. The summed E-state index contributed by atoms with van der Waals surface area (Å²) in [5.74, 6) is 1.47. The van der Waals surface area contributed by atoms with Gasteiger partial charge < -0.3 is 10.4 Å². The molecule has 3 N–H and O–H groups in total. The van der Waals surface area contributed by atoms with Crippen LogP contribution in [0, 0.1) is 0 Å². The van der Waals surface area contributed by atoms with Gasteiger partial charge in [0.05, 0.1) is 24.8 Å². The molecule has 1 aromatic heterocycles. The highest BCUT2D eigenvalue weighted by Gasteiger charge is 2.30. The van der Waals surface area contributed by atoms with Gasteiger partial charge in [-0.05, 0) is 46.1 Å². The van der Waals surface area contributed by atoms with Crippen molar-refractivity contribution in [3.63, 3.8) is 0 Å². The van der Waals surface area contributed by atoms with Crippen molar-refractivity contribution in [2.75, 3.05) is 23.8 Å². The molecule has 0 saturated heterocycles. The number of rotatable bonds is 4. The topological polar surface area (TPSA) is 66.7 Å². The van der Waals surface area contributed by atoms with Crippen LogP contribution in [0.5, 0.6) is 5.75 Å². The second-order valence-electron chi connectivity index (χ2n) is 11.6. The summed E-state index contributed by atoms with van der Waals surface area (Å²) in [6, 6.07) is 12.3. The Labute approximate surface area is 203 Å². The molecule has 2 heterocycles. The van der Waals surface area contributed by atoms with E-state index in [0.29, 0.717) is 18.6 Å². The molecule has 5 nitrogen and oxygen atoms in total. The predicted molar refractivity (Wildman–Crippen MR) is 140 cm³/mol. The lowest BCUT2D eigenvalue weighted by Crippen LogP contribution is -2.22. The van der Waals surface area contributed by atoms with Gasteiger partial charge in [-0.3, -0.25) is 9.69 Å². The molecule has 1 amide bonds. The fraction of sp³-hybridized carbons (Fsp3) is 0.448. The van der Waals surface area contributed by atoms with Crippen LogP contribution in [0.25, 0.3) is 10.9 Å². The van der Waals surface area contributed by atoms with Crippen LogP contribution in [-0.4, -0.2) is 24.6 Å². The lowest BCUT2D eigenvalue weighted by Gasteiger charge is -2.28. The van der Waals surface area contributed by atoms with Gasteiger partial charge >= 0.3 is 0 Å². The molecular weight excluding hydrogens is 422 g/mol. The van der Waals surface area contributed by atoms with E-state index in [4.69, 9.17) is 0 Å². The second-order valence-corrected chi connectivity index (χ2v) is 11.6. The quantitative estimate of drug-likeness (QED) is 0.539. The zero-order valence-corrected chi connectivity index (χ0v) is 21.6. The molecule has 0 spiro atoms. The molecule has 5 heteroatoms. The Kier molecular flexibility index (Phi) is 6.09. The Morgan fingerprint density at radius 2 is 1.68 bits per heavy atom. The molecule has 1 aliphatic rings. The van der Waals surface area contributed by atoms with Crippen molar-refractivity contribution in [3.8, 4) is 5.75 Å². The van der Waals surface area contributed by atoms with Crippen LogP contribution in [0.4, 0.5) is 11.5 Å². The summed E-state index contributed by atoms with van der Waals surface area (Å²) in [7, 11) is 2.08. The van der Waals surface area contributed by atoms with Gasteiger partial charge in [0, 0.05) is 18.2 Å². The van der Waals surface area contributed by atoms with E-state index in [-0.39, 0.29) is 16.7 Å². The van der Waals surface area contributed by atoms with Crippen LogP contribution in [0.15, 0.2) is 36.4 Å².